The SMILES string of the molecule is Cc1cc(OC(F)(F)F)ccc1NCC1CCC(C(N=N)c2ncnc3[nH]ccc23)CC1. The van der Waals surface area contributed by atoms with Crippen LogP contribution in [0.2, 0.25) is 0 Å². The van der Waals surface area contributed by atoms with Crippen molar-refractivity contribution in [3.8, 4) is 5.75 Å². The summed E-state index contributed by atoms with van der Waals surface area (Å²) in [6.07, 6.45) is 2.48. The number of aryl methyl sites for hydroxylation is 1. The zero-order valence-corrected chi connectivity index (χ0v) is 17.6. The largest absolute Gasteiger partial charge is 0.573 e. The van der Waals surface area contributed by atoms with Crippen LogP contribution < -0.4 is 10.1 Å². The van der Waals surface area contributed by atoms with Gasteiger partial charge in [-0.3, -0.25) is 0 Å². The molecule has 1 atom stereocenters. The fourth-order valence-corrected chi connectivity index (χ4v) is 4.51. The predicted molar refractivity (Wildman–Crippen MR) is 114 cm³/mol. The van der Waals surface area contributed by atoms with E-state index in [1.54, 1.807) is 13.0 Å². The first kappa shape index (κ1) is 22.0. The lowest BCUT2D eigenvalue weighted by atomic mass is 9.77. The van der Waals surface area contributed by atoms with Crippen molar-refractivity contribution in [1.29, 1.82) is 5.53 Å². The van der Waals surface area contributed by atoms with Crippen LogP contribution in [0.1, 0.15) is 43.0 Å². The monoisotopic (exact) mass is 446 g/mol. The molecule has 0 saturated heterocycles. The van der Waals surface area contributed by atoms with E-state index in [1.807, 2.05) is 12.3 Å². The van der Waals surface area contributed by atoms with E-state index in [-0.39, 0.29) is 17.7 Å². The molecule has 1 unspecified atom stereocenters. The van der Waals surface area contributed by atoms with Crippen LogP contribution in [-0.4, -0.2) is 27.9 Å². The standard InChI is InChI=1S/C22H25F3N6O/c1-13-10-16(32-22(23,24)25)6-7-18(13)28-11-14-2-4-15(5-3-14)19(31-26)20-17-8-9-27-21(17)30-12-29-20/h6-10,12,14-15,19,26,28H,2-5,11H2,1H3,(H,27,29,30). The summed E-state index contributed by atoms with van der Waals surface area (Å²) >= 11 is 0. The molecule has 1 aliphatic carbocycles. The molecule has 3 N–H and O–H groups in total. The summed E-state index contributed by atoms with van der Waals surface area (Å²) in [7, 11) is 0. The average molecular weight is 446 g/mol. The molecule has 3 aromatic rings. The van der Waals surface area contributed by atoms with E-state index >= 15 is 0 Å². The molecule has 7 nitrogen and oxygen atoms in total. The van der Waals surface area contributed by atoms with Crippen LogP contribution in [-0.2, 0) is 0 Å². The minimum Gasteiger partial charge on any atom is -0.406 e. The average Bonchev–Trinajstić information content (AvgIpc) is 3.23. The lowest BCUT2D eigenvalue weighted by Crippen LogP contribution is -2.24. The molecule has 0 spiro atoms. The molecule has 2 heterocycles. The van der Waals surface area contributed by atoms with Gasteiger partial charge in [-0.25, -0.2) is 15.5 Å². The number of rotatable bonds is 7. The summed E-state index contributed by atoms with van der Waals surface area (Å²) in [4.78, 5) is 11.7. The van der Waals surface area contributed by atoms with E-state index in [4.69, 9.17) is 5.53 Å². The molecule has 1 aliphatic rings. The van der Waals surface area contributed by atoms with E-state index in [1.165, 1.54) is 18.5 Å². The summed E-state index contributed by atoms with van der Waals surface area (Å²) in [6, 6.07) is 5.97. The van der Waals surface area contributed by atoms with Crippen molar-refractivity contribution in [2.45, 2.75) is 45.0 Å². The number of nitrogens with one attached hydrogen (secondary N) is 3. The van der Waals surface area contributed by atoms with E-state index < -0.39 is 6.36 Å². The van der Waals surface area contributed by atoms with Crippen molar-refractivity contribution in [3.05, 3.63) is 48.0 Å². The number of halogens is 3. The first-order valence-corrected chi connectivity index (χ1v) is 10.6. The van der Waals surface area contributed by atoms with Crippen molar-refractivity contribution >= 4 is 16.7 Å². The number of nitrogens with zero attached hydrogens (tertiary/aromatic N) is 3. The first-order valence-electron chi connectivity index (χ1n) is 10.6. The number of aromatic amines is 1. The Hall–Kier alpha value is -3.17. The van der Waals surface area contributed by atoms with Crippen LogP contribution in [0.5, 0.6) is 5.75 Å². The highest BCUT2D eigenvalue weighted by atomic mass is 19.4. The van der Waals surface area contributed by atoms with E-state index in [2.05, 4.69) is 30.1 Å². The Bertz CT molecular complexity index is 1070. The van der Waals surface area contributed by atoms with Crippen LogP contribution in [0, 0.1) is 24.3 Å². The molecular weight excluding hydrogens is 421 g/mol. The number of benzene rings is 1. The molecule has 0 aliphatic heterocycles. The second-order valence-electron chi connectivity index (χ2n) is 8.26. The van der Waals surface area contributed by atoms with Gasteiger partial charge in [0.15, 0.2) is 0 Å². The maximum atomic E-state index is 12.4. The number of ether oxygens (including phenoxy) is 1. The third kappa shape index (κ3) is 5.00. The van der Waals surface area contributed by atoms with Gasteiger partial charge in [-0.1, -0.05) is 0 Å². The molecule has 2 aromatic heterocycles. The van der Waals surface area contributed by atoms with Gasteiger partial charge in [-0.15, -0.1) is 13.2 Å². The van der Waals surface area contributed by atoms with Gasteiger partial charge in [-0.05, 0) is 74.3 Å². The Morgan fingerprint density at radius 1 is 1.22 bits per heavy atom. The summed E-state index contributed by atoms with van der Waals surface area (Å²) < 4.78 is 41.1. The summed E-state index contributed by atoms with van der Waals surface area (Å²) in [5.41, 5.74) is 10.8. The van der Waals surface area contributed by atoms with Gasteiger partial charge >= 0.3 is 6.36 Å². The van der Waals surface area contributed by atoms with Gasteiger partial charge in [0.1, 0.15) is 23.8 Å². The molecular formula is C22H25F3N6O. The number of hydrogen-bond donors (Lipinski definition) is 3. The number of aromatic nitrogens is 3. The number of hydrogen-bond acceptors (Lipinski definition) is 6. The number of H-pyrrole nitrogens is 1. The van der Waals surface area contributed by atoms with Gasteiger partial charge < -0.3 is 15.0 Å². The van der Waals surface area contributed by atoms with E-state index in [0.29, 0.717) is 11.5 Å². The Morgan fingerprint density at radius 2 is 2.00 bits per heavy atom. The molecule has 1 fully saturated rings. The Labute approximate surface area is 183 Å². The highest BCUT2D eigenvalue weighted by molar-refractivity contribution is 5.78. The quantitative estimate of drug-likeness (QED) is 0.379. The zero-order chi connectivity index (χ0) is 22.7. The predicted octanol–water partition coefficient (Wildman–Crippen LogP) is 6.16. The minimum absolute atomic E-state index is 0.215. The van der Waals surface area contributed by atoms with Crippen LogP contribution in [0.25, 0.3) is 11.0 Å². The van der Waals surface area contributed by atoms with Gasteiger partial charge in [0.2, 0.25) is 0 Å². The third-order valence-electron chi connectivity index (χ3n) is 6.15. The number of anilines is 1. The van der Waals surface area contributed by atoms with E-state index in [9.17, 15) is 13.2 Å². The molecule has 0 amide bonds. The smallest absolute Gasteiger partial charge is 0.406 e. The second kappa shape index (κ2) is 9.13. The van der Waals surface area contributed by atoms with Crippen LogP contribution in [0.15, 0.2) is 41.9 Å². The number of alkyl halides is 3. The Morgan fingerprint density at radius 3 is 2.69 bits per heavy atom. The van der Waals surface area contributed by atoms with Crippen molar-refractivity contribution in [2.75, 3.05) is 11.9 Å². The topological polar surface area (TPSA) is 99.0 Å². The minimum atomic E-state index is -4.69. The summed E-state index contributed by atoms with van der Waals surface area (Å²) in [6.45, 7) is 2.50. The zero-order valence-electron chi connectivity index (χ0n) is 17.6. The molecule has 0 bridgehead atoms. The summed E-state index contributed by atoms with van der Waals surface area (Å²) in [5, 5.41) is 8.18. The highest BCUT2D eigenvalue weighted by Gasteiger charge is 2.32. The third-order valence-corrected chi connectivity index (χ3v) is 6.15. The van der Waals surface area contributed by atoms with Crippen LogP contribution in [0.4, 0.5) is 18.9 Å². The first-order chi connectivity index (χ1) is 15.3. The normalized spacial score (nSPS) is 20.1. The van der Waals surface area contributed by atoms with Crippen LogP contribution >= 0.6 is 0 Å². The molecule has 170 valence electrons. The van der Waals surface area contributed by atoms with Gasteiger partial charge in [0, 0.05) is 23.8 Å². The molecule has 32 heavy (non-hydrogen) atoms. The van der Waals surface area contributed by atoms with E-state index in [0.717, 1.165) is 54.6 Å². The lowest BCUT2D eigenvalue weighted by molar-refractivity contribution is -0.274. The van der Waals surface area contributed by atoms with Crippen molar-refractivity contribution in [3.63, 3.8) is 0 Å². The number of fused-ring (bicyclic) bond motifs is 1. The Balaban J connectivity index is 1.33. The molecule has 0 radical (unpaired) electrons. The highest BCUT2D eigenvalue weighted by Crippen LogP contribution is 2.40. The van der Waals surface area contributed by atoms with Crippen LogP contribution in [0.3, 0.4) is 0 Å². The van der Waals surface area contributed by atoms with Crippen molar-refractivity contribution < 1.29 is 17.9 Å². The maximum Gasteiger partial charge on any atom is 0.573 e. The molecule has 1 saturated carbocycles. The second-order valence-corrected chi connectivity index (χ2v) is 8.26. The fraction of sp³-hybridized carbons (Fsp3) is 0.455. The Kier molecular flexibility index (Phi) is 6.29. The maximum absolute atomic E-state index is 12.4. The van der Waals surface area contributed by atoms with Crippen molar-refractivity contribution in [2.24, 2.45) is 17.0 Å². The van der Waals surface area contributed by atoms with Gasteiger partial charge in [0.05, 0.1) is 5.69 Å². The summed E-state index contributed by atoms with van der Waals surface area (Å²) in [5.74, 6) is 0.477. The fourth-order valence-electron chi connectivity index (χ4n) is 4.51. The molecule has 10 heteroatoms. The van der Waals surface area contributed by atoms with Gasteiger partial charge in [0.25, 0.3) is 0 Å². The lowest BCUT2D eigenvalue weighted by Gasteiger charge is -2.31. The molecule has 4 rings (SSSR count). The van der Waals surface area contributed by atoms with Crippen molar-refractivity contribution in [1.82, 2.24) is 15.0 Å². The molecule has 1 aromatic carbocycles. The van der Waals surface area contributed by atoms with Gasteiger partial charge in [-0.2, -0.15) is 5.11 Å².